The Hall–Kier alpha value is -3.02. The molecule has 3 aromatic rings. The third-order valence-corrected chi connectivity index (χ3v) is 3.24. The van der Waals surface area contributed by atoms with Gasteiger partial charge in [0.2, 0.25) is 0 Å². The average molecular weight is 314 g/mol. The number of para-hydroxylation sites is 3. The van der Waals surface area contributed by atoms with Gasteiger partial charge in [-0.25, -0.2) is 0 Å². The highest BCUT2D eigenvalue weighted by Crippen LogP contribution is 2.26. The number of aromatic nitrogens is 1. The number of alkyl halides is 2. The minimum absolute atomic E-state index is 0.0887. The summed E-state index contributed by atoms with van der Waals surface area (Å²) < 4.78 is 29.3. The molecule has 1 N–H and O–H groups in total. The minimum atomic E-state index is -2.96. The molecule has 0 fully saturated rings. The molecule has 0 atom stereocenters. The molecule has 3 rings (SSSR count). The van der Waals surface area contributed by atoms with Gasteiger partial charge in [0.15, 0.2) is 0 Å². The van der Waals surface area contributed by atoms with Crippen molar-refractivity contribution in [3.05, 3.63) is 66.4 Å². The van der Waals surface area contributed by atoms with Gasteiger partial charge in [0.1, 0.15) is 5.75 Å². The number of anilines is 1. The van der Waals surface area contributed by atoms with Crippen LogP contribution in [-0.2, 0) is 0 Å². The fourth-order valence-electron chi connectivity index (χ4n) is 2.25. The second-order valence-corrected chi connectivity index (χ2v) is 4.70. The molecule has 4 nitrogen and oxygen atoms in total. The fourth-order valence-corrected chi connectivity index (χ4v) is 2.25. The molecule has 0 saturated heterocycles. The van der Waals surface area contributed by atoms with Crippen molar-refractivity contribution in [1.82, 2.24) is 4.98 Å². The fraction of sp³-hybridized carbons (Fsp3) is 0.0588. The van der Waals surface area contributed by atoms with Crippen molar-refractivity contribution < 1.29 is 18.3 Å². The normalized spacial score (nSPS) is 10.7. The summed E-state index contributed by atoms with van der Waals surface area (Å²) in [5.74, 6) is -0.511. The van der Waals surface area contributed by atoms with E-state index < -0.39 is 12.5 Å². The van der Waals surface area contributed by atoms with E-state index in [-0.39, 0.29) is 11.4 Å². The summed E-state index contributed by atoms with van der Waals surface area (Å²) >= 11 is 0. The lowest BCUT2D eigenvalue weighted by Gasteiger charge is -2.12. The summed E-state index contributed by atoms with van der Waals surface area (Å²) in [4.78, 5) is 16.7. The summed E-state index contributed by atoms with van der Waals surface area (Å²) in [6.07, 6.45) is 1.53. The third kappa shape index (κ3) is 3.26. The number of rotatable bonds is 4. The van der Waals surface area contributed by atoms with Crippen LogP contribution in [0.3, 0.4) is 0 Å². The van der Waals surface area contributed by atoms with Gasteiger partial charge in [-0.3, -0.25) is 9.78 Å². The van der Waals surface area contributed by atoms with Crippen LogP contribution in [-0.4, -0.2) is 17.5 Å². The predicted octanol–water partition coefficient (Wildman–Crippen LogP) is 4.09. The molecule has 0 spiro atoms. The van der Waals surface area contributed by atoms with Gasteiger partial charge in [-0.05, 0) is 24.3 Å². The quantitative estimate of drug-likeness (QED) is 0.789. The van der Waals surface area contributed by atoms with Crippen molar-refractivity contribution in [2.45, 2.75) is 6.61 Å². The molecule has 0 unspecified atom stereocenters. The van der Waals surface area contributed by atoms with E-state index in [1.165, 1.54) is 18.3 Å². The first-order valence-corrected chi connectivity index (χ1v) is 6.84. The van der Waals surface area contributed by atoms with Crippen molar-refractivity contribution in [1.29, 1.82) is 0 Å². The number of nitrogens with one attached hydrogen (secondary N) is 1. The maximum absolute atomic E-state index is 12.5. The number of pyridine rings is 1. The van der Waals surface area contributed by atoms with Crippen LogP contribution in [0.4, 0.5) is 14.5 Å². The van der Waals surface area contributed by atoms with Crippen LogP contribution in [0.15, 0.2) is 60.8 Å². The largest absolute Gasteiger partial charge is 0.433 e. The Bertz CT molecular complexity index is 847. The maximum atomic E-state index is 12.5. The van der Waals surface area contributed by atoms with Gasteiger partial charge in [-0.15, -0.1) is 0 Å². The smallest absolute Gasteiger partial charge is 0.387 e. The van der Waals surface area contributed by atoms with Gasteiger partial charge in [0, 0.05) is 11.6 Å². The first-order chi connectivity index (χ1) is 11.1. The van der Waals surface area contributed by atoms with Crippen LogP contribution in [0, 0.1) is 0 Å². The second kappa shape index (κ2) is 6.39. The average Bonchev–Trinajstić information content (AvgIpc) is 2.55. The van der Waals surface area contributed by atoms with Crippen molar-refractivity contribution in [3.63, 3.8) is 0 Å². The van der Waals surface area contributed by atoms with E-state index in [1.54, 1.807) is 36.4 Å². The van der Waals surface area contributed by atoms with Crippen LogP contribution < -0.4 is 10.1 Å². The lowest BCUT2D eigenvalue weighted by molar-refractivity contribution is -0.0493. The summed E-state index contributed by atoms with van der Waals surface area (Å²) in [5, 5.41) is 3.28. The number of hydrogen-bond acceptors (Lipinski definition) is 3. The standard InChI is InChI=1S/C17H12F2N2O2/c18-17(19)23-15-8-4-3-7-14(15)21-16(22)12-9-10-20-13-6-2-1-5-11(12)13/h1-10,17H,(H,21,22). The van der Waals surface area contributed by atoms with Crippen LogP contribution >= 0.6 is 0 Å². The van der Waals surface area contributed by atoms with E-state index in [9.17, 15) is 13.6 Å². The molecule has 1 heterocycles. The van der Waals surface area contributed by atoms with Crippen LogP contribution in [0.2, 0.25) is 0 Å². The second-order valence-electron chi connectivity index (χ2n) is 4.70. The van der Waals surface area contributed by atoms with Gasteiger partial charge >= 0.3 is 6.61 Å². The Kier molecular flexibility index (Phi) is 4.14. The number of amides is 1. The number of carbonyl (C=O) groups is 1. The van der Waals surface area contributed by atoms with Gasteiger partial charge < -0.3 is 10.1 Å². The van der Waals surface area contributed by atoms with Gasteiger partial charge in [0.25, 0.3) is 5.91 Å². The Morgan fingerprint density at radius 1 is 1.04 bits per heavy atom. The van der Waals surface area contributed by atoms with E-state index in [0.717, 1.165) is 0 Å². The molecular formula is C17H12F2N2O2. The SMILES string of the molecule is O=C(Nc1ccccc1OC(F)F)c1ccnc2ccccc12. The Morgan fingerprint density at radius 3 is 2.61 bits per heavy atom. The Morgan fingerprint density at radius 2 is 1.78 bits per heavy atom. The predicted molar refractivity (Wildman–Crippen MR) is 82.8 cm³/mol. The summed E-state index contributed by atoms with van der Waals surface area (Å²) in [5.41, 5.74) is 1.26. The topological polar surface area (TPSA) is 51.2 Å². The number of benzene rings is 2. The minimum Gasteiger partial charge on any atom is -0.433 e. The molecule has 0 aliphatic heterocycles. The summed E-state index contributed by atoms with van der Waals surface area (Å²) in [7, 11) is 0. The highest BCUT2D eigenvalue weighted by Gasteiger charge is 2.14. The number of carbonyl (C=O) groups excluding carboxylic acids is 1. The van der Waals surface area contributed by atoms with E-state index in [2.05, 4.69) is 15.0 Å². The van der Waals surface area contributed by atoms with Gasteiger partial charge in [0.05, 0.1) is 16.8 Å². The molecule has 0 bridgehead atoms. The highest BCUT2D eigenvalue weighted by molar-refractivity contribution is 6.12. The van der Waals surface area contributed by atoms with Gasteiger partial charge in [-0.2, -0.15) is 8.78 Å². The zero-order valence-corrected chi connectivity index (χ0v) is 11.9. The molecule has 1 amide bonds. The maximum Gasteiger partial charge on any atom is 0.387 e. The van der Waals surface area contributed by atoms with Gasteiger partial charge in [-0.1, -0.05) is 30.3 Å². The number of fused-ring (bicyclic) bond motifs is 1. The molecule has 6 heteroatoms. The summed E-state index contributed by atoms with van der Waals surface area (Å²) in [6, 6.07) is 14.8. The lowest BCUT2D eigenvalue weighted by Crippen LogP contribution is -2.14. The number of halogens is 2. The van der Waals surface area contributed by atoms with Crippen molar-refractivity contribution >= 4 is 22.5 Å². The van der Waals surface area contributed by atoms with Crippen LogP contribution in [0.25, 0.3) is 10.9 Å². The first kappa shape index (κ1) is 14.9. The molecule has 0 aliphatic rings. The molecule has 0 radical (unpaired) electrons. The molecule has 0 saturated carbocycles. The Balaban J connectivity index is 1.93. The Labute approximate surface area is 130 Å². The zero-order chi connectivity index (χ0) is 16.2. The number of ether oxygens (including phenoxy) is 1. The highest BCUT2D eigenvalue weighted by atomic mass is 19.3. The van der Waals surface area contributed by atoms with Crippen LogP contribution in [0.5, 0.6) is 5.75 Å². The zero-order valence-electron chi connectivity index (χ0n) is 11.9. The van der Waals surface area contributed by atoms with Crippen molar-refractivity contribution in [2.75, 3.05) is 5.32 Å². The third-order valence-electron chi connectivity index (χ3n) is 3.24. The van der Waals surface area contributed by atoms with Crippen molar-refractivity contribution in [3.8, 4) is 5.75 Å². The molecule has 23 heavy (non-hydrogen) atoms. The number of hydrogen-bond donors (Lipinski definition) is 1. The lowest BCUT2D eigenvalue weighted by atomic mass is 10.1. The van der Waals surface area contributed by atoms with Crippen LogP contribution in [0.1, 0.15) is 10.4 Å². The molecular weight excluding hydrogens is 302 g/mol. The van der Waals surface area contributed by atoms with E-state index in [4.69, 9.17) is 0 Å². The van der Waals surface area contributed by atoms with E-state index >= 15 is 0 Å². The van der Waals surface area contributed by atoms with E-state index in [0.29, 0.717) is 16.5 Å². The van der Waals surface area contributed by atoms with Crippen molar-refractivity contribution in [2.24, 2.45) is 0 Å². The molecule has 0 aliphatic carbocycles. The van der Waals surface area contributed by atoms with E-state index in [1.807, 2.05) is 6.07 Å². The molecule has 2 aromatic carbocycles. The molecule has 116 valence electrons. The number of nitrogens with zero attached hydrogens (tertiary/aromatic N) is 1. The molecule has 1 aromatic heterocycles. The summed E-state index contributed by atoms with van der Waals surface area (Å²) in [6.45, 7) is -2.96. The monoisotopic (exact) mass is 314 g/mol. The first-order valence-electron chi connectivity index (χ1n) is 6.84.